The molecule has 1 unspecified atom stereocenters. The van der Waals surface area contributed by atoms with Gasteiger partial charge in [-0.3, -0.25) is 9.59 Å². The molecule has 2 amide bonds. The maximum absolute atomic E-state index is 12.7. The van der Waals surface area contributed by atoms with E-state index in [4.69, 9.17) is 16.8 Å². The monoisotopic (exact) mass is 510 g/mol. The van der Waals surface area contributed by atoms with Crippen molar-refractivity contribution >= 4 is 50.5 Å². The van der Waals surface area contributed by atoms with Crippen molar-refractivity contribution in [2.24, 2.45) is 11.1 Å². The van der Waals surface area contributed by atoms with Gasteiger partial charge in [-0.1, -0.05) is 55.2 Å². The highest BCUT2D eigenvalue weighted by atomic mass is 35.5. The zero-order chi connectivity index (χ0) is 25.6. The topological polar surface area (TPSA) is 157 Å². The van der Waals surface area contributed by atoms with Crippen LogP contribution in [0.25, 0.3) is 0 Å². The Kier molecular flexibility index (Phi) is 9.02. The molecule has 10 nitrogen and oxygen atoms in total. The fraction of sp³-hybridized carbons (Fsp3) is 0.318. The first-order chi connectivity index (χ1) is 15.9. The quantitative estimate of drug-likeness (QED) is 0.150. The molecule has 0 aliphatic carbocycles. The molecule has 34 heavy (non-hydrogen) atoms. The molecule has 0 saturated carbocycles. The van der Waals surface area contributed by atoms with Gasteiger partial charge in [-0.15, -0.1) is 0 Å². The molecule has 0 aliphatic heterocycles. The van der Waals surface area contributed by atoms with Gasteiger partial charge in [-0.25, -0.2) is 8.42 Å². The molecule has 0 bridgehead atoms. The first-order valence-electron chi connectivity index (χ1n) is 10.3. The summed E-state index contributed by atoms with van der Waals surface area (Å²) in [6.07, 6.45) is 0.146. The number of aromatic hydroxyl groups is 1. The Morgan fingerprint density at radius 3 is 2.24 bits per heavy atom. The number of nitrogens with zero attached hydrogens (tertiary/aromatic N) is 1. The average molecular weight is 511 g/mol. The van der Waals surface area contributed by atoms with Gasteiger partial charge in [0, 0.05) is 12.0 Å². The van der Waals surface area contributed by atoms with E-state index in [1.54, 1.807) is 32.9 Å². The molecule has 0 radical (unpaired) electrons. The number of phenolic OH excluding ortho intramolecular Hbond substituents is 1. The van der Waals surface area contributed by atoms with Gasteiger partial charge in [-0.05, 0) is 31.5 Å². The van der Waals surface area contributed by atoms with E-state index in [2.05, 4.69) is 20.5 Å². The highest BCUT2D eigenvalue weighted by molar-refractivity contribution is 7.89. The second kappa shape index (κ2) is 11.3. The average Bonchev–Trinajstić information content (AvgIpc) is 2.76. The van der Waals surface area contributed by atoms with E-state index < -0.39 is 33.6 Å². The number of benzene rings is 2. The number of aryl methyl sites for hydroxylation is 1. The number of rotatable bonds is 9. The number of carbonyl (C=O) groups is 2. The Bertz CT molecular complexity index is 1200. The summed E-state index contributed by atoms with van der Waals surface area (Å²) in [5, 5.41) is 27.1. The van der Waals surface area contributed by atoms with Crippen molar-refractivity contribution in [3.63, 3.8) is 0 Å². The molecule has 0 saturated heterocycles. The Morgan fingerprint density at radius 2 is 1.71 bits per heavy atom. The second-order valence-corrected chi connectivity index (χ2v) is 9.95. The third-order valence-electron chi connectivity index (χ3n) is 4.83. The number of nitrogens with one attached hydrogen (secondary N) is 3. The lowest BCUT2D eigenvalue weighted by atomic mass is 10.1. The summed E-state index contributed by atoms with van der Waals surface area (Å²) in [7, 11) is -3.95. The number of anilines is 2. The Hall–Kier alpha value is -3.15. The minimum atomic E-state index is -3.95. The minimum absolute atomic E-state index is 0.00931. The zero-order valence-electron chi connectivity index (χ0n) is 19.1. The van der Waals surface area contributed by atoms with Gasteiger partial charge in [0.15, 0.2) is 0 Å². The number of halogens is 1. The summed E-state index contributed by atoms with van der Waals surface area (Å²) < 4.78 is 27.6. The Balaban J connectivity index is 2.18. The molecular weight excluding hydrogens is 484 g/mol. The normalized spacial score (nSPS) is 12.9. The standard InChI is InChI=1S/C22H27ClN4O6S/c1-5-16(27-34(32,33)14-8-6-13(4)7-9-14)21(29)24-17-11-19(28)18(10-15(17)23)25-22(30)20(26-31)12(2)3/h6-12,16,27-28,31H,5H2,1-4H3,(H,24,29)(H,25,30)/b26-20+. The van der Waals surface area contributed by atoms with Crippen molar-refractivity contribution < 1.29 is 28.3 Å². The van der Waals surface area contributed by atoms with Crippen molar-refractivity contribution in [1.29, 1.82) is 0 Å². The van der Waals surface area contributed by atoms with Gasteiger partial charge < -0.3 is 20.9 Å². The summed E-state index contributed by atoms with van der Waals surface area (Å²) in [6, 6.07) is 7.38. The summed E-state index contributed by atoms with van der Waals surface area (Å²) in [4.78, 5) is 25.0. The van der Waals surface area contributed by atoms with Gasteiger partial charge in [0.05, 0.1) is 21.3 Å². The molecule has 2 aromatic rings. The number of amides is 2. The van der Waals surface area contributed by atoms with E-state index in [9.17, 15) is 23.1 Å². The third kappa shape index (κ3) is 6.69. The molecular formula is C22H27ClN4O6S. The SMILES string of the molecule is CCC(NS(=O)(=O)c1ccc(C)cc1)C(=O)Nc1cc(O)c(NC(=O)/C(=N/O)C(C)C)cc1Cl. The van der Waals surface area contributed by atoms with Crippen molar-refractivity contribution in [1.82, 2.24) is 4.72 Å². The van der Waals surface area contributed by atoms with E-state index in [1.165, 1.54) is 18.2 Å². The third-order valence-corrected chi connectivity index (χ3v) is 6.63. The molecule has 0 aromatic heterocycles. The lowest BCUT2D eigenvalue weighted by Gasteiger charge is -2.18. The summed E-state index contributed by atoms with van der Waals surface area (Å²) in [5.41, 5.74) is 0.679. The van der Waals surface area contributed by atoms with E-state index >= 15 is 0 Å². The molecule has 0 fully saturated rings. The Morgan fingerprint density at radius 1 is 1.09 bits per heavy atom. The van der Waals surface area contributed by atoms with Crippen molar-refractivity contribution in [2.75, 3.05) is 10.6 Å². The molecule has 184 valence electrons. The summed E-state index contributed by atoms with van der Waals surface area (Å²) in [6.45, 7) is 6.76. The molecule has 0 heterocycles. The van der Waals surface area contributed by atoms with Crippen LogP contribution in [0.1, 0.15) is 32.8 Å². The van der Waals surface area contributed by atoms with Crippen LogP contribution in [0.15, 0.2) is 46.4 Å². The Labute approximate surface area is 203 Å². The number of carbonyl (C=O) groups excluding carboxylic acids is 2. The first-order valence-corrected chi connectivity index (χ1v) is 12.2. The summed E-state index contributed by atoms with van der Waals surface area (Å²) >= 11 is 6.20. The van der Waals surface area contributed by atoms with Gasteiger partial charge >= 0.3 is 0 Å². The van der Waals surface area contributed by atoms with Crippen molar-refractivity contribution in [3.05, 3.63) is 47.0 Å². The molecule has 12 heteroatoms. The van der Waals surface area contributed by atoms with Crippen LogP contribution < -0.4 is 15.4 Å². The molecule has 2 rings (SSSR count). The van der Waals surface area contributed by atoms with Crippen LogP contribution in [0.5, 0.6) is 5.75 Å². The van der Waals surface area contributed by atoms with Crippen LogP contribution in [0.4, 0.5) is 11.4 Å². The zero-order valence-corrected chi connectivity index (χ0v) is 20.7. The highest BCUT2D eigenvalue weighted by Crippen LogP contribution is 2.34. The van der Waals surface area contributed by atoms with Crippen LogP contribution in [0.2, 0.25) is 5.02 Å². The van der Waals surface area contributed by atoms with Crippen molar-refractivity contribution in [2.45, 2.75) is 45.1 Å². The largest absolute Gasteiger partial charge is 0.506 e. The van der Waals surface area contributed by atoms with Crippen molar-refractivity contribution in [3.8, 4) is 5.75 Å². The van der Waals surface area contributed by atoms with Crippen LogP contribution in [0, 0.1) is 12.8 Å². The summed E-state index contributed by atoms with van der Waals surface area (Å²) in [5.74, 6) is -2.22. The maximum Gasteiger partial charge on any atom is 0.273 e. The molecule has 0 aliphatic rings. The van der Waals surface area contributed by atoms with Crippen LogP contribution in [-0.2, 0) is 19.6 Å². The van der Waals surface area contributed by atoms with Crippen LogP contribution in [-0.4, -0.2) is 42.3 Å². The molecule has 2 aromatic carbocycles. The number of sulfonamides is 1. The van der Waals surface area contributed by atoms with E-state index in [1.807, 2.05) is 6.92 Å². The molecule has 1 atom stereocenters. The smallest absolute Gasteiger partial charge is 0.273 e. The number of phenols is 1. The van der Waals surface area contributed by atoms with Gasteiger partial charge in [-0.2, -0.15) is 4.72 Å². The lowest BCUT2D eigenvalue weighted by molar-refractivity contribution is -0.117. The van der Waals surface area contributed by atoms with E-state index in [0.29, 0.717) is 0 Å². The number of hydrogen-bond donors (Lipinski definition) is 5. The second-order valence-electron chi connectivity index (χ2n) is 7.83. The predicted octanol–water partition coefficient (Wildman–Crippen LogP) is 3.47. The van der Waals surface area contributed by atoms with E-state index in [0.717, 1.165) is 11.6 Å². The van der Waals surface area contributed by atoms with Gasteiger partial charge in [0.2, 0.25) is 15.9 Å². The van der Waals surface area contributed by atoms with Gasteiger partial charge in [0.1, 0.15) is 17.5 Å². The van der Waals surface area contributed by atoms with Crippen LogP contribution in [0.3, 0.4) is 0 Å². The lowest BCUT2D eigenvalue weighted by Crippen LogP contribution is -2.43. The fourth-order valence-electron chi connectivity index (χ4n) is 2.88. The van der Waals surface area contributed by atoms with E-state index in [-0.39, 0.29) is 39.3 Å². The maximum atomic E-state index is 12.7. The first kappa shape index (κ1) is 27.1. The predicted molar refractivity (Wildman–Crippen MR) is 130 cm³/mol. The number of hydrogen-bond acceptors (Lipinski definition) is 7. The number of oxime groups is 1. The van der Waals surface area contributed by atoms with Crippen LogP contribution >= 0.6 is 11.6 Å². The molecule has 5 N–H and O–H groups in total. The fourth-order valence-corrected chi connectivity index (χ4v) is 4.37. The van der Waals surface area contributed by atoms with Gasteiger partial charge in [0.25, 0.3) is 5.91 Å². The highest BCUT2D eigenvalue weighted by Gasteiger charge is 2.25. The minimum Gasteiger partial charge on any atom is -0.506 e. The molecule has 0 spiro atoms.